The molecule has 5 heteroatoms. The first-order valence-electron chi connectivity index (χ1n) is 4.65. The molecule has 0 N–H and O–H groups in total. The second kappa shape index (κ2) is 4.40. The smallest absolute Gasteiger partial charge is 0.112 e. The van der Waals surface area contributed by atoms with Gasteiger partial charge < -0.3 is 4.57 Å². The van der Waals surface area contributed by atoms with E-state index < -0.39 is 0 Å². The van der Waals surface area contributed by atoms with Gasteiger partial charge >= 0.3 is 0 Å². The molecule has 0 unspecified atom stereocenters. The van der Waals surface area contributed by atoms with Crippen LogP contribution in [0.15, 0.2) is 22.8 Å². The SMILES string of the molecule is Cc1nc(-c2ccc(Cl)c(Cl)c2)c(Br)n1C. The van der Waals surface area contributed by atoms with Gasteiger partial charge in [-0.2, -0.15) is 0 Å². The zero-order valence-electron chi connectivity index (χ0n) is 8.76. The maximum absolute atomic E-state index is 5.98. The van der Waals surface area contributed by atoms with Crippen LogP contribution in [0.1, 0.15) is 5.82 Å². The second-order valence-electron chi connectivity index (χ2n) is 3.49. The lowest BCUT2D eigenvalue weighted by molar-refractivity contribution is 0.840. The topological polar surface area (TPSA) is 17.8 Å². The number of hydrogen-bond acceptors (Lipinski definition) is 1. The lowest BCUT2D eigenvalue weighted by Crippen LogP contribution is -1.90. The summed E-state index contributed by atoms with van der Waals surface area (Å²) >= 11 is 15.4. The molecule has 84 valence electrons. The molecule has 0 aliphatic heterocycles. The summed E-state index contributed by atoms with van der Waals surface area (Å²) in [6.45, 7) is 1.95. The van der Waals surface area contributed by atoms with Gasteiger partial charge in [-0.1, -0.05) is 29.3 Å². The van der Waals surface area contributed by atoms with E-state index in [1.807, 2.05) is 30.7 Å². The lowest BCUT2D eigenvalue weighted by atomic mass is 10.2. The minimum Gasteiger partial charge on any atom is -0.326 e. The van der Waals surface area contributed by atoms with Crippen molar-refractivity contribution in [3.63, 3.8) is 0 Å². The molecule has 0 amide bonds. The number of aromatic nitrogens is 2. The van der Waals surface area contributed by atoms with E-state index in [0.29, 0.717) is 10.0 Å². The van der Waals surface area contributed by atoms with E-state index in [2.05, 4.69) is 20.9 Å². The molecule has 0 saturated carbocycles. The van der Waals surface area contributed by atoms with Crippen molar-refractivity contribution in [3.8, 4) is 11.3 Å². The average molecular weight is 320 g/mol. The van der Waals surface area contributed by atoms with E-state index in [0.717, 1.165) is 21.7 Å². The fourth-order valence-corrected chi connectivity index (χ4v) is 2.28. The fraction of sp³-hybridized carbons (Fsp3) is 0.182. The van der Waals surface area contributed by atoms with E-state index in [9.17, 15) is 0 Å². The molecule has 0 bridgehead atoms. The fourth-order valence-electron chi connectivity index (χ4n) is 1.41. The third-order valence-corrected chi connectivity index (χ3v) is 4.09. The van der Waals surface area contributed by atoms with Gasteiger partial charge in [0.2, 0.25) is 0 Å². The zero-order chi connectivity index (χ0) is 11.9. The number of halogens is 3. The Morgan fingerprint density at radius 2 is 1.94 bits per heavy atom. The standard InChI is InChI=1S/C11H9BrCl2N2/c1-6-15-10(11(12)16(6)2)7-3-4-8(13)9(14)5-7/h3-5H,1-2H3. The monoisotopic (exact) mass is 318 g/mol. The van der Waals surface area contributed by atoms with Crippen LogP contribution in [-0.4, -0.2) is 9.55 Å². The Morgan fingerprint density at radius 1 is 1.25 bits per heavy atom. The van der Waals surface area contributed by atoms with Gasteiger partial charge in [0.05, 0.1) is 10.0 Å². The quantitative estimate of drug-likeness (QED) is 0.758. The summed E-state index contributed by atoms with van der Waals surface area (Å²) in [5.74, 6) is 0.938. The van der Waals surface area contributed by atoms with Gasteiger partial charge in [-0.25, -0.2) is 4.98 Å². The van der Waals surface area contributed by atoms with Gasteiger partial charge in [0, 0.05) is 12.6 Å². The minimum absolute atomic E-state index is 0.536. The van der Waals surface area contributed by atoms with Crippen LogP contribution in [0.3, 0.4) is 0 Å². The first kappa shape index (κ1) is 12.0. The molecule has 1 aromatic heterocycles. The molecule has 16 heavy (non-hydrogen) atoms. The van der Waals surface area contributed by atoms with Crippen molar-refractivity contribution < 1.29 is 0 Å². The van der Waals surface area contributed by atoms with Gasteiger partial charge in [0.1, 0.15) is 16.1 Å². The number of aryl methyl sites for hydroxylation is 1. The summed E-state index contributed by atoms with van der Waals surface area (Å²) in [5.41, 5.74) is 1.82. The molecular formula is C11H9BrCl2N2. The van der Waals surface area contributed by atoms with Crippen LogP contribution in [0.4, 0.5) is 0 Å². The number of benzene rings is 1. The molecule has 2 rings (SSSR count). The van der Waals surface area contributed by atoms with E-state index in [-0.39, 0.29) is 0 Å². The first-order chi connectivity index (χ1) is 7.50. The highest BCUT2D eigenvalue weighted by molar-refractivity contribution is 9.10. The van der Waals surface area contributed by atoms with Crippen LogP contribution in [0.25, 0.3) is 11.3 Å². The molecule has 0 fully saturated rings. The normalized spacial score (nSPS) is 10.8. The van der Waals surface area contributed by atoms with Crippen LogP contribution in [-0.2, 0) is 7.05 Å². The largest absolute Gasteiger partial charge is 0.326 e. The molecule has 0 saturated heterocycles. The number of hydrogen-bond donors (Lipinski definition) is 0. The summed E-state index contributed by atoms with van der Waals surface area (Å²) in [6.07, 6.45) is 0. The third kappa shape index (κ3) is 1.99. The summed E-state index contributed by atoms with van der Waals surface area (Å²) in [7, 11) is 1.95. The Balaban J connectivity index is 2.59. The van der Waals surface area contributed by atoms with Crippen molar-refractivity contribution in [2.75, 3.05) is 0 Å². The summed E-state index contributed by atoms with van der Waals surface area (Å²) < 4.78 is 2.90. The van der Waals surface area contributed by atoms with Crippen molar-refractivity contribution in [3.05, 3.63) is 38.7 Å². The Morgan fingerprint density at radius 3 is 2.44 bits per heavy atom. The maximum atomic E-state index is 5.98. The van der Waals surface area contributed by atoms with Crippen LogP contribution < -0.4 is 0 Å². The molecule has 0 spiro atoms. The van der Waals surface area contributed by atoms with Gasteiger partial charge in [0.25, 0.3) is 0 Å². The van der Waals surface area contributed by atoms with Gasteiger partial charge in [-0.05, 0) is 35.0 Å². The summed E-state index contributed by atoms with van der Waals surface area (Å²) in [6, 6.07) is 5.49. The molecule has 0 aliphatic rings. The highest BCUT2D eigenvalue weighted by atomic mass is 79.9. The molecule has 0 radical (unpaired) electrons. The Labute approximate surface area is 112 Å². The van der Waals surface area contributed by atoms with Crippen molar-refractivity contribution in [1.29, 1.82) is 0 Å². The predicted octanol–water partition coefficient (Wildman–Crippen LogP) is 4.46. The third-order valence-electron chi connectivity index (χ3n) is 2.44. The molecular weight excluding hydrogens is 311 g/mol. The summed E-state index contributed by atoms with van der Waals surface area (Å²) in [5, 5.41) is 1.09. The zero-order valence-corrected chi connectivity index (χ0v) is 11.9. The van der Waals surface area contributed by atoms with Crippen LogP contribution in [0.2, 0.25) is 10.0 Å². The molecule has 1 heterocycles. The minimum atomic E-state index is 0.536. The van der Waals surface area contributed by atoms with Crippen molar-refractivity contribution in [2.45, 2.75) is 6.92 Å². The molecule has 0 atom stereocenters. The molecule has 0 aliphatic carbocycles. The van der Waals surface area contributed by atoms with Crippen LogP contribution >= 0.6 is 39.1 Å². The Bertz CT molecular complexity index is 549. The van der Waals surface area contributed by atoms with Crippen LogP contribution in [0.5, 0.6) is 0 Å². The first-order valence-corrected chi connectivity index (χ1v) is 6.20. The summed E-state index contributed by atoms with van der Waals surface area (Å²) in [4.78, 5) is 4.47. The lowest BCUT2D eigenvalue weighted by Gasteiger charge is -2.01. The van der Waals surface area contributed by atoms with Gasteiger partial charge in [-0.3, -0.25) is 0 Å². The van der Waals surface area contributed by atoms with E-state index >= 15 is 0 Å². The highest BCUT2D eigenvalue weighted by Gasteiger charge is 2.12. The molecule has 1 aromatic carbocycles. The van der Waals surface area contributed by atoms with Crippen molar-refractivity contribution in [1.82, 2.24) is 9.55 Å². The Kier molecular flexibility index (Phi) is 3.29. The maximum Gasteiger partial charge on any atom is 0.112 e. The van der Waals surface area contributed by atoms with Crippen molar-refractivity contribution in [2.24, 2.45) is 7.05 Å². The second-order valence-corrected chi connectivity index (χ2v) is 5.05. The average Bonchev–Trinajstić information content (AvgIpc) is 2.50. The van der Waals surface area contributed by atoms with Crippen LogP contribution in [0, 0.1) is 6.92 Å². The van der Waals surface area contributed by atoms with E-state index in [1.165, 1.54) is 0 Å². The molecule has 2 nitrogen and oxygen atoms in total. The number of nitrogens with zero attached hydrogens (tertiary/aromatic N) is 2. The number of imidazole rings is 1. The molecule has 2 aromatic rings. The highest BCUT2D eigenvalue weighted by Crippen LogP contribution is 2.32. The Hall–Kier alpha value is -0.510. The van der Waals surface area contributed by atoms with E-state index in [4.69, 9.17) is 23.2 Å². The van der Waals surface area contributed by atoms with Crippen molar-refractivity contribution >= 4 is 39.1 Å². The van der Waals surface area contributed by atoms with E-state index in [1.54, 1.807) is 6.07 Å². The number of rotatable bonds is 1. The van der Waals surface area contributed by atoms with Gasteiger partial charge in [-0.15, -0.1) is 0 Å². The van der Waals surface area contributed by atoms with Gasteiger partial charge in [0.15, 0.2) is 0 Å². The predicted molar refractivity (Wildman–Crippen MR) is 71.1 cm³/mol.